The fraction of sp³-hybridized carbons (Fsp3) is 0.462. The second-order valence-electron chi connectivity index (χ2n) is 4.89. The highest BCUT2D eigenvalue weighted by Crippen LogP contribution is 2.21. The van der Waals surface area contributed by atoms with Crippen LogP contribution in [0.1, 0.15) is 31.1 Å². The van der Waals surface area contributed by atoms with Gasteiger partial charge in [-0.05, 0) is 31.0 Å². The van der Waals surface area contributed by atoms with Crippen molar-refractivity contribution in [2.75, 3.05) is 6.54 Å². The summed E-state index contributed by atoms with van der Waals surface area (Å²) in [7, 11) is 0. The molecule has 0 aromatic heterocycles. The van der Waals surface area contributed by atoms with Crippen molar-refractivity contribution in [1.82, 2.24) is 5.32 Å². The van der Waals surface area contributed by atoms with Gasteiger partial charge >= 0.3 is 0 Å². The Morgan fingerprint density at radius 1 is 1.33 bits per heavy atom. The van der Waals surface area contributed by atoms with E-state index in [0.29, 0.717) is 12.1 Å². The van der Waals surface area contributed by atoms with E-state index in [1.807, 2.05) is 26.8 Å². The Balaban J connectivity index is 2.94. The third-order valence-corrected chi connectivity index (χ3v) is 4.14. The molecule has 0 bridgehead atoms. The molecule has 0 aliphatic carbocycles. The van der Waals surface area contributed by atoms with Crippen LogP contribution in [-0.2, 0) is 0 Å². The van der Waals surface area contributed by atoms with Gasteiger partial charge in [0.1, 0.15) is 0 Å². The van der Waals surface area contributed by atoms with E-state index in [2.05, 4.69) is 37.2 Å². The van der Waals surface area contributed by atoms with E-state index in [4.69, 9.17) is 5.73 Å². The van der Waals surface area contributed by atoms with Crippen LogP contribution in [0.4, 0.5) is 0 Å². The molecule has 0 radical (unpaired) electrons. The van der Waals surface area contributed by atoms with Gasteiger partial charge < -0.3 is 11.1 Å². The van der Waals surface area contributed by atoms with E-state index in [-0.39, 0.29) is 11.8 Å². The zero-order chi connectivity index (χ0) is 13.9. The molecule has 0 saturated carbocycles. The molecule has 0 fully saturated rings. The highest BCUT2D eigenvalue weighted by molar-refractivity contribution is 9.11. The fourth-order valence-corrected chi connectivity index (χ4v) is 2.74. The van der Waals surface area contributed by atoms with Gasteiger partial charge in [-0.15, -0.1) is 0 Å². The van der Waals surface area contributed by atoms with Gasteiger partial charge in [0.05, 0.1) is 5.54 Å². The van der Waals surface area contributed by atoms with E-state index in [9.17, 15) is 4.79 Å². The zero-order valence-electron chi connectivity index (χ0n) is 10.8. The van der Waals surface area contributed by atoms with Crippen molar-refractivity contribution >= 4 is 37.8 Å². The van der Waals surface area contributed by atoms with Crippen molar-refractivity contribution < 1.29 is 4.79 Å². The van der Waals surface area contributed by atoms with Crippen molar-refractivity contribution in [2.45, 2.75) is 26.3 Å². The molecule has 3 N–H and O–H groups in total. The van der Waals surface area contributed by atoms with Gasteiger partial charge in [0.15, 0.2) is 0 Å². The lowest BCUT2D eigenvalue weighted by Gasteiger charge is -2.33. The summed E-state index contributed by atoms with van der Waals surface area (Å²) in [4.78, 5) is 12.2. The molecule has 0 spiro atoms. The Bertz CT molecular complexity index is 428. The molecule has 1 unspecified atom stereocenters. The van der Waals surface area contributed by atoms with Crippen molar-refractivity contribution in [3.8, 4) is 0 Å². The second kappa shape index (κ2) is 6.17. The lowest BCUT2D eigenvalue weighted by atomic mass is 9.88. The summed E-state index contributed by atoms with van der Waals surface area (Å²) in [6, 6.07) is 5.47. The molecule has 0 aliphatic heterocycles. The largest absolute Gasteiger partial charge is 0.345 e. The number of benzene rings is 1. The van der Waals surface area contributed by atoms with Crippen LogP contribution in [0.25, 0.3) is 0 Å². The molecule has 1 atom stereocenters. The first-order chi connectivity index (χ1) is 8.28. The molecule has 1 aromatic carbocycles. The van der Waals surface area contributed by atoms with Crippen molar-refractivity contribution in [3.63, 3.8) is 0 Å². The fourth-order valence-electron chi connectivity index (χ4n) is 1.45. The number of nitrogens with one attached hydrogen (secondary N) is 1. The molecule has 0 saturated heterocycles. The topological polar surface area (TPSA) is 55.1 Å². The minimum absolute atomic E-state index is 0.112. The number of rotatable bonds is 4. The first-order valence-corrected chi connectivity index (χ1v) is 7.36. The van der Waals surface area contributed by atoms with Crippen LogP contribution in [0.15, 0.2) is 27.1 Å². The molecule has 1 amide bonds. The summed E-state index contributed by atoms with van der Waals surface area (Å²) < 4.78 is 1.72. The van der Waals surface area contributed by atoms with Crippen molar-refractivity contribution in [2.24, 2.45) is 11.7 Å². The van der Waals surface area contributed by atoms with Crippen LogP contribution >= 0.6 is 31.9 Å². The molecule has 100 valence electrons. The maximum absolute atomic E-state index is 12.2. The third-order valence-electron chi connectivity index (χ3n) is 3.22. The highest BCUT2D eigenvalue weighted by atomic mass is 79.9. The number of hydrogen-bond acceptors (Lipinski definition) is 2. The number of hydrogen-bond donors (Lipinski definition) is 2. The minimum Gasteiger partial charge on any atom is -0.345 e. The minimum atomic E-state index is -0.397. The standard InChI is InChI=1S/C13H18Br2N2O/c1-8(2)13(3,7-16)17-12(18)9-4-10(14)6-11(15)5-9/h4-6,8H,7,16H2,1-3H3,(H,17,18). The Labute approximate surface area is 125 Å². The second-order valence-corrected chi connectivity index (χ2v) is 6.72. The van der Waals surface area contributed by atoms with Crippen LogP contribution in [0.5, 0.6) is 0 Å². The molecule has 0 heterocycles. The smallest absolute Gasteiger partial charge is 0.251 e. The average molecular weight is 378 g/mol. The average Bonchev–Trinajstić information content (AvgIpc) is 2.27. The molecule has 1 rings (SSSR count). The quantitative estimate of drug-likeness (QED) is 0.845. The maximum Gasteiger partial charge on any atom is 0.251 e. The van der Waals surface area contributed by atoms with Gasteiger partial charge in [0, 0.05) is 21.1 Å². The third kappa shape index (κ3) is 3.80. The van der Waals surface area contributed by atoms with E-state index < -0.39 is 5.54 Å². The summed E-state index contributed by atoms with van der Waals surface area (Å²) in [6.45, 7) is 6.46. The predicted octanol–water partition coefficient (Wildman–Crippen LogP) is 3.31. The molecule has 18 heavy (non-hydrogen) atoms. The van der Waals surface area contributed by atoms with E-state index in [0.717, 1.165) is 8.95 Å². The first kappa shape index (κ1) is 15.7. The van der Waals surface area contributed by atoms with Gasteiger partial charge in [0.25, 0.3) is 5.91 Å². The Morgan fingerprint density at radius 3 is 2.22 bits per heavy atom. The number of halogens is 2. The Hall–Kier alpha value is -0.390. The van der Waals surface area contributed by atoms with Gasteiger partial charge in [-0.25, -0.2) is 0 Å². The summed E-state index contributed by atoms with van der Waals surface area (Å²) in [5.41, 5.74) is 5.97. The van der Waals surface area contributed by atoms with E-state index in [1.165, 1.54) is 0 Å². The molecule has 5 heteroatoms. The summed E-state index contributed by atoms with van der Waals surface area (Å²) >= 11 is 6.74. The highest BCUT2D eigenvalue weighted by Gasteiger charge is 2.28. The SMILES string of the molecule is CC(C)C(C)(CN)NC(=O)c1cc(Br)cc(Br)c1. The maximum atomic E-state index is 12.2. The zero-order valence-corrected chi connectivity index (χ0v) is 13.9. The summed E-state index contributed by atoms with van der Waals surface area (Å²) in [5, 5.41) is 3.01. The molecular weight excluding hydrogens is 360 g/mol. The first-order valence-electron chi connectivity index (χ1n) is 5.77. The molecule has 0 aliphatic rings. The van der Waals surface area contributed by atoms with Gasteiger partial charge in [-0.2, -0.15) is 0 Å². The van der Waals surface area contributed by atoms with Gasteiger partial charge in [0.2, 0.25) is 0 Å². The van der Waals surface area contributed by atoms with E-state index in [1.54, 1.807) is 12.1 Å². The monoisotopic (exact) mass is 376 g/mol. The van der Waals surface area contributed by atoms with Crippen molar-refractivity contribution in [1.29, 1.82) is 0 Å². The van der Waals surface area contributed by atoms with E-state index >= 15 is 0 Å². The number of nitrogens with two attached hydrogens (primary N) is 1. The summed E-state index contributed by atoms with van der Waals surface area (Å²) in [5.74, 6) is 0.153. The van der Waals surface area contributed by atoms with Crippen LogP contribution in [0.2, 0.25) is 0 Å². The van der Waals surface area contributed by atoms with Crippen LogP contribution in [0.3, 0.4) is 0 Å². The van der Waals surface area contributed by atoms with Gasteiger partial charge in [-0.1, -0.05) is 45.7 Å². The molecule has 1 aromatic rings. The number of amides is 1. The molecule has 3 nitrogen and oxygen atoms in total. The van der Waals surface area contributed by atoms with Crippen LogP contribution in [0, 0.1) is 5.92 Å². The Kier molecular flexibility index (Phi) is 5.37. The normalized spacial score (nSPS) is 14.4. The van der Waals surface area contributed by atoms with Crippen LogP contribution < -0.4 is 11.1 Å². The Morgan fingerprint density at radius 2 is 1.83 bits per heavy atom. The number of carbonyl (C=O) groups excluding carboxylic acids is 1. The lowest BCUT2D eigenvalue weighted by Crippen LogP contribution is -2.55. The summed E-state index contributed by atoms with van der Waals surface area (Å²) in [6.07, 6.45) is 0. The molecular formula is C13H18Br2N2O. The van der Waals surface area contributed by atoms with Crippen molar-refractivity contribution in [3.05, 3.63) is 32.7 Å². The predicted molar refractivity (Wildman–Crippen MR) is 81.6 cm³/mol. The lowest BCUT2D eigenvalue weighted by molar-refractivity contribution is 0.0883. The van der Waals surface area contributed by atoms with Crippen LogP contribution in [-0.4, -0.2) is 18.0 Å². The number of carbonyl (C=O) groups is 1. The van der Waals surface area contributed by atoms with Gasteiger partial charge in [-0.3, -0.25) is 4.79 Å².